The standard InChI is InChI=1S/C16H23N3OS/c1-3-19(13-6-8-17-9-7-13)11-14-12(2)20-16(18-14)15-5-4-10-21-15/h4-5,10,13,17H,3,6-9,11H2,1-2H3. The Morgan fingerprint density at radius 1 is 1.43 bits per heavy atom. The Labute approximate surface area is 130 Å². The zero-order valence-electron chi connectivity index (χ0n) is 12.8. The van der Waals surface area contributed by atoms with Gasteiger partial charge in [-0.25, -0.2) is 4.98 Å². The van der Waals surface area contributed by atoms with Gasteiger partial charge in [0.1, 0.15) is 5.76 Å². The third-order valence-corrected chi connectivity index (χ3v) is 5.07. The molecule has 0 aromatic carbocycles. The fraction of sp³-hybridized carbons (Fsp3) is 0.562. The number of rotatable bonds is 5. The molecule has 0 bridgehead atoms. The topological polar surface area (TPSA) is 41.3 Å². The van der Waals surface area contributed by atoms with Gasteiger partial charge in [0.25, 0.3) is 0 Å². The van der Waals surface area contributed by atoms with Crippen LogP contribution in [0.4, 0.5) is 0 Å². The summed E-state index contributed by atoms with van der Waals surface area (Å²) in [6, 6.07) is 4.76. The van der Waals surface area contributed by atoms with Crippen molar-refractivity contribution in [3.8, 4) is 10.8 Å². The van der Waals surface area contributed by atoms with Crippen LogP contribution in [-0.2, 0) is 6.54 Å². The van der Waals surface area contributed by atoms with Crippen LogP contribution in [0.3, 0.4) is 0 Å². The molecule has 2 aromatic rings. The summed E-state index contributed by atoms with van der Waals surface area (Å²) in [5, 5.41) is 5.49. The smallest absolute Gasteiger partial charge is 0.236 e. The fourth-order valence-corrected chi connectivity index (χ4v) is 3.59. The minimum Gasteiger partial charge on any atom is -0.440 e. The van der Waals surface area contributed by atoms with E-state index in [1.54, 1.807) is 11.3 Å². The molecule has 114 valence electrons. The highest BCUT2D eigenvalue weighted by Crippen LogP contribution is 2.27. The molecule has 0 atom stereocenters. The van der Waals surface area contributed by atoms with Crippen molar-refractivity contribution in [2.24, 2.45) is 0 Å². The van der Waals surface area contributed by atoms with E-state index in [9.17, 15) is 0 Å². The Morgan fingerprint density at radius 3 is 2.90 bits per heavy atom. The van der Waals surface area contributed by atoms with Crippen LogP contribution in [0.2, 0.25) is 0 Å². The summed E-state index contributed by atoms with van der Waals surface area (Å²) in [4.78, 5) is 8.36. The zero-order chi connectivity index (χ0) is 14.7. The Kier molecular flexibility index (Phi) is 4.73. The largest absolute Gasteiger partial charge is 0.440 e. The van der Waals surface area contributed by atoms with Gasteiger partial charge in [-0.1, -0.05) is 13.0 Å². The van der Waals surface area contributed by atoms with Gasteiger partial charge in [-0.15, -0.1) is 11.3 Å². The molecule has 1 aliphatic heterocycles. The van der Waals surface area contributed by atoms with Gasteiger partial charge in [0.15, 0.2) is 0 Å². The summed E-state index contributed by atoms with van der Waals surface area (Å²) in [6.45, 7) is 8.46. The summed E-state index contributed by atoms with van der Waals surface area (Å²) in [6.07, 6.45) is 2.45. The Hall–Kier alpha value is -1.17. The molecule has 0 spiro atoms. The number of piperidine rings is 1. The second-order valence-electron chi connectivity index (χ2n) is 5.54. The molecule has 2 aromatic heterocycles. The van der Waals surface area contributed by atoms with E-state index in [-0.39, 0.29) is 0 Å². The van der Waals surface area contributed by atoms with Crippen molar-refractivity contribution in [3.63, 3.8) is 0 Å². The number of thiophene rings is 1. The Bertz CT molecular complexity index is 558. The van der Waals surface area contributed by atoms with Crippen molar-refractivity contribution in [2.45, 2.75) is 39.3 Å². The number of hydrogen-bond acceptors (Lipinski definition) is 5. The molecule has 5 heteroatoms. The maximum Gasteiger partial charge on any atom is 0.236 e. The van der Waals surface area contributed by atoms with E-state index in [4.69, 9.17) is 9.40 Å². The number of hydrogen-bond donors (Lipinski definition) is 1. The lowest BCUT2D eigenvalue weighted by molar-refractivity contribution is 0.160. The first kappa shape index (κ1) is 14.8. The van der Waals surface area contributed by atoms with Crippen LogP contribution >= 0.6 is 11.3 Å². The number of nitrogens with zero attached hydrogens (tertiary/aromatic N) is 2. The maximum absolute atomic E-state index is 5.85. The highest BCUT2D eigenvalue weighted by Gasteiger charge is 2.22. The fourth-order valence-electron chi connectivity index (χ4n) is 2.94. The normalized spacial score (nSPS) is 16.7. The van der Waals surface area contributed by atoms with Crippen LogP contribution in [0.5, 0.6) is 0 Å². The molecular weight excluding hydrogens is 282 g/mol. The zero-order valence-corrected chi connectivity index (χ0v) is 13.6. The van der Waals surface area contributed by atoms with Crippen LogP contribution in [0.15, 0.2) is 21.9 Å². The third kappa shape index (κ3) is 3.36. The minimum absolute atomic E-state index is 0.664. The average molecular weight is 305 g/mol. The maximum atomic E-state index is 5.85. The monoisotopic (exact) mass is 305 g/mol. The van der Waals surface area contributed by atoms with Gasteiger partial charge in [0, 0.05) is 12.6 Å². The molecule has 21 heavy (non-hydrogen) atoms. The van der Waals surface area contributed by atoms with Crippen molar-refractivity contribution < 1.29 is 4.42 Å². The lowest BCUT2D eigenvalue weighted by Crippen LogP contribution is -2.42. The predicted octanol–water partition coefficient (Wildman–Crippen LogP) is 3.29. The molecule has 1 saturated heterocycles. The number of oxazole rings is 1. The van der Waals surface area contributed by atoms with E-state index in [1.165, 1.54) is 12.8 Å². The van der Waals surface area contributed by atoms with Gasteiger partial charge in [-0.2, -0.15) is 0 Å². The van der Waals surface area contributed by atoms with E-state index >= 15 is 0 Å². The molecule has 1 aliphatic rings. The number of aromatic nitrogens is 1. The summed E-state index contributed by atoms with van der Waals surface area (Å²) in [5.41, 5.74) is 1.08. The highest BCUT2D eigenvalue weighted by molar-refractivity contribution is 7.13. The predicted molar refractivity (Wildman–Crippen MR) is 86.5 cm³/mol. The van der Waals surface area contributed by atoms with Gasteiger partial charge in [0.2, 0.25) is 5.89 Å². The molecule has 3 heterocycles. The second kappa shape index (κ2) is 6.73. The highest BCUT2D eigenvalue weighted by atomic mass is 32.1. The van der Waals surface area contributed by atoms with Crippen LogP contribution in [0, 0.1) is 6.92 Å². The van der Waals surface area contributed by atoms with E-state index in [2.05, 4.69) is 28.6 Å². The van der Waals surface area contributed by atoms with E-state index in [0.717, 1.165) is 48.4 Å². The van der Waals surface area contributed by atoms with Crippen LogP contribution in [0.25, 0.3) is 10.8 Å². The molecule has 0 saturated carbocycles. The van der Waals surface area contributed by atoms with Crippen LogP contribution < -0.4 is 5.32 Å². The summed E-state index contributed by atoms with van der Waals surface area (Å²) in [7, 11) is 0. The summed E-state index contributed by atoms with van der Waals surface area (Å²) < 4.78 is 5.85. The van der Waals surface area contributed by atoms with Crippen molar-refractivity contribution in [3.05, 3.63) is 29.0 Å². The van der Waals surface area contributed by atoms with Crippen molar-refractivity contribution in [2.75, 3.05) is 19.6 Å². The summed E-state index contributed by atoms with van der Waals surface area (Å²) in [5.74, 6) is 1.71. The Balaban J connectivity index is 1.74. The second-order valence-corrected chi connectivity index (χ2v) is 6.49. The van der Waals surface area contributed by atoms with Crippen LogP contribution in [0.1, 0.15) is 31.2 Å². The SMILES string of the molecule is CCN(Cc1nc(-c2cccs2)oc1C)C1CCNCC1. The number of aryl methyl sites for hydroxylation is 1. The van der Waals surface area contributed by atoms with Crippen molar-refractivity contribution in [1.29, 1.82) is 0 Å². The quantitative estimate of drug-likeness (QED) is 0.920. The van der Waals surface area contributed by atoms with E-state index < -0.39 is 0 Å². The lowest BCUT2D eigenvalue weighted by atomic mass is 10.0. The van der Waals surface area contributed by atoms with Gasteiger partial charge < -0.3 is 9.73 Å². The van der Waals surface area contributed by atoms with Gasteiger partial charge in [0.05, 0.1) is 10.6 Å². The molecule has 0 amide bonds. The van der Waals surface area contributed by atoms with Crippen molar-refractivity contribution >= 4 is 11.3 Å². The third-order valence-electron chi connectivity index (χ3n) is 4.21. The van der Waals surface area contributed by atoms with Gasteiger partial charge in [-0.05, 0) is 50.8 Å². The average Bonchev–Trinajstić information content (AvgIpc) is 3.15. The molecule has 4 nitrogen and oxygen atoms in total. The summed E-state index contributed by atoms with van der Waals surface area (Å²) >= 11 is 1.67. The molecule has 1 fully saturated rings. The van der Waals surface area contributed by atoms with E-state index in [1.807, 2.05) is 13.0 Å². The van der Waals surface area contributed by atoms with Crippen LogP contribution in [-0.4, -0.2) is 35.6 Å². The lowest BCUT2D eigenvalue weighted by Gasteiger charge is -2.33. The van der Waals surface area contributed by atoms with Gasteiger partial charge >= 0.3 is 0 Å². The number of nitrogens with one attached hydrogen (secondary N) is 1. The minimum atomic E-state index is 0.664. The molecule has 0 unspecified atom stereocenters. The first-order valence-electron chi connectivity index (χ1n) is 7.73. The first-order chi connectivity index (χ1) is 10.3. The molecule has 3 rings (SSSR count). The van der Waals surface area contributed by atoms with Gasteiger partial charge in [-0.3, -0.25) is 4.90 Å². The molecular formula is C16H23N3OS. The first-order valence-corrected chi connectivity index (χ1v) is 8.61. The Morgan fingerprint density at radius 2 is 2.24 bits per heavy atom. The molecule has 0 radical (unpaired) electrons. The van der Waals surface area contributed by atoms with E-state index in [0.29, 0.717) is 6.04 Å². The van der Waals surface area contributed by atoms with Crippen molar-refractivity contribution in [1.82, 2.24) is 15.2 Å². The molecule has 0 aliphatic carbocycles. The molecule has 1 N–H and O–H groups in total.